The Balaban J connectivity index is 1.41. The van der Waals surface area contributed by atoms with Crippen LogP contribution in [-0.2, 0) is 9.84 Å². The molecule has 0 aliphatic carbocycles. The van der Waals surface area contributed by atoms with E-state index in [0.717, 1.165) is 44.4 Å². The number of guanidine groups is 1. The summed E-state index contributed by atoms with van der Waals surface area (Å²) in [5.41, 5.74) is 0. The summed E-state index contributed by atoms with van der Waals surface area (Å²) >= 11 is 6.24. The SMILES string of the molecule is CN=C(NCCN1CCS(=O)(=O)CC1)NC1CCN(c2ncccc2Cl)C1. The average molecular weight is 415 g/mol. The van der Waals surface area contributed by atoms with Crippen molar-refractivity contribution in [1.82, 2.24) is 20.5 Å². The van der Waals surface area contributed by atoms with Gasteiger partial charge in [0.05, 0.1) is 16.5 Å². The third kappa shape index (κ3) is 5.70. The highest BCUT2D eigenvalue weighted by atomic mass is 35.5. The topological polar surface area (TPSA) is 89.9 Å². The Bertz CT molecular complexity index is 758. The van der Waals surface area contributed by atoms with Gasteiger partial charge < -0.3 is 15.5 Å². The van der Waals surface area contributed by atoms with Gasteiger partial charge in [-0.15, -0.1) is 0 Å². The quantitative estimate of drug-likeness (QED) is 0.525. The van der Waals surface area contributed by atoms with Crippen LogP contribution in [0, 0.1) is 0 Å². The van der Waals surface area contributed by atoms with E-state index in [-0.39, 0.29) is 17.5 Å². The molecule has 0 radical (unpaired) electrons. The van der Waals surface area contributed by atoms with Gasteiger partial charge in [-0.1, -0.05) is 11.6 Å². The number of sulfone groups is 1. The first-order valence-corrected chi connectivity index (χ1v) is 11.4. The number of nitrogens with one attached hydrogen (secondary N) is 2. The van der Waals surface area contributed by atoms with Crippen LogP contribution in [0.1, 0.15) is 6.42 Å². The van der Waals surface area contributed by atoms with Crippen LogP contribution in [0.5, 0.6) is 0 Å². The van der Waals surface area contributed by atoms with E-state index >= 15 is 0 Å². The lowest BCUT2D eigenvalue weighted by Gasteiger charge is -2.27. The van der Waals surface area contributed by atoms with Gasteiger partial charge in [0.2, 0.25) is 0 Å². The van der Waals surface area contributed by atoms with Crippen LogP contribution >= 0.6 is 11.6 Å². The summed E-state index contributed by atoms with van der Waals surface area (Å²) in [4.78, 5) is 13.0. The van der Waals surface area contributed by atoms with Crippen molar-refractivity contribution in [2.75, 3.05) is 62.7 Å². The standard InChI is InChI=1S/C17H27ClN6O2S/c1-19-17(21-6-8-23-9-11-27(25,26)12-10-23)22-14-4-7-24(13-14)16-15(18)3-2-5-20-16/h2-3,5,14H,4,6-13H2,1H3,(H2,19,21,22). The van der Waals surface area contributed by atoms with Gasteiger partial charge in [0, 0.05) is 58.6 Å². The number of anilines is 1. The minimum atomic E-state index is -2.83. The van der Waals surface area contributed by atoms with Gasteiger partial charge in [-0.2, -0.15) is 0 Å². The van der Waals surface area contributed by atoms with Gasteiger partial charge >= 0.3 is 0 Å². The zero-order valence-electron chi connectivity index (χ0n) is 15.6. The normalized spacial score (nSPS) is 23.4. The molecule has 2 aliphatic rings. The summed E-state index contributed by atoms with van der Waals surface area (Å²) in [5.74, 6) is 2.10. The molecule has 8 nitrogen and oxygen atoms in total. The van der Waals surface area contributed by atoms with Crippen molar-refractivity contribution in [3.63, 3.8) is 0 Å². The lowest BCUT2D eigenvalue weighted by Crippen LogP contribution is -2.48. The van der Waals surface area contributed by atoms with E-state index in [2.05, 4.69) is 30.4 Å². The molecule has 1 aromatic rings. The summed E-state index contributed by atoms with van der Waals surface area (Å²) in [6, 6.07) is 3.97. The fourth-order valence-electron chi connectivity index (χ4n) is 3.37. The molecule has 0 aromatic carbocycles. The molecule has 0 bridgehead atoms. The molecular weight excluding hydrogens is 388 g/mol. The predicted octanol–water partition coefficient (Wildman–Crippen LogP) is 0.209. The molecule has 0 saturated carbocycles. The molecule has 1 aromatic heterocycles. The van der Waals surface area contributed by atoms with Crippen LogP contribution in [0.25, 0.3) is 0 Å². The largest absolute Gasteiger partial charge is 0.355 e. The first-order valence-electron chi connectivity index (χ1n) is 9.22. The van der Waals surface area contributed by atoms with Crippen LogP contribution in [0.15, 0.2) is 23.3 Å². The Kier molecular flexibility index (Phi) is 6.78. The monoisotopic (exact) mass is 414 g/mol. The first-order chi connectivity index (χ1) is 13.0. The molecule has 0 amide bonds. The summed E-state index contributed by atoms with van der Waals surface area (Å²) in [6.07, 6.45) is 2.74. The zero-order chi connectivity index (χ0) is 19.3. The second kappa shape index (κ2) is 9.07. The molecular formula is C17H27ClN6O2S. The van der Waals surface area contributed by atoms with Crippen molar-refractivity contribution in [1.29, 1.82) is 0 Å². The summed E-state index contributed by atoms with van der Waals surface area (Å²) in [7, 11) is -1.07. The number of hydrogen-bond donors (Lipinski definition) is 2. The Morgan fingerprint density at radius 1 is 1.37 bits per heavy atom. The highest BCUT2D eigenvalue weighted by Gasteiger charge is 2.25. The molecule has 1 unspecified atom stereocenters. The van der Waals surface area contributed by atoms with E-state index in [9.17, 15) is 8.42 Å². The number of aromatic nitrogens is 1. The van der Waals surface area contributed by atoms with Crippen molar-refractivity contribution in [2.24, 2.45) is 4.99 Å². The Morgan fingerprint density at radius 2 is 2.15 bits per heavy atom. The van der Waals surface area contributed by atoms with Crippen molar-refractivity contribution in [2.45, 2.75) is 12.5 Å². The summed E-state index contributed by atoms with van der Waals surface area (Å²) in [5, 5.41) is 7.44. The highest BCUT2D eigenvalue weighted by Crippen LogP contribution is 2.25. The molecule has 2 fully saturated rings. The minimum Gasteiger partial charge on any atom is -0.355 e. The fourth-order valence-corrected chi connectivity index (χ4v) is 4.89. The van der Waals surface area contributed by atoms with Gasteiger partial charge in [0.25, 0.3) is 0 Å². The second-order valence-electron chi connectivity index (χ2n) is 6.88. The van der Waals surface area contributed by atoms with Gasteiger partial charge in [-0.05, 0) is 18.6 Å². The fraction of sp³-hybridized carbons (Fsp3) is 0.647. The van der Waals surface area contributed by atoms with Crippen molar-refractivity contribution in [3.05, 3.63) is 23.4 Å². The number of nitrogens with zero attached hydrogens (tertiary/aromatic N) is 4. The second-order valence-corrected chi connectivity index (χ2v) is 9.59. The van der Waals surface area contributed by atoms with Crippen LogP contribution in [0.2, 0.25) is 5.02 Å². The van der Waals surface area contributed by atoms with Crippen molar-refractivity contribution < 1.29 is 8.42 Å². The lowest BCUT2D eigenvalue weighted by atomic mass is 10.3. The van der Waals surface area contributed by atoms with Crippen LogP contribution < -0.4 is 15.5 Å². The van der Waals surface area contributed by atoms with Crippen molar-refractivity contribution in [3.8, 4) is 0 Å². The molecule has 0 spiro atoms. The maximum absolute atomic E-state index is 11.5. The molecule has 2 aliphatic heterocycles. The van der Waals surface area contributed by atoms with E-state index in [1.165, 1.54) is 0 Å². The van der Waals surface area contributed by atoms with Crippen LogP contribution in [-0.4, -0.2) is 88.1 Å². The van der Waals surface area contributed by atoms with E-state index in [4.69, 9.17) is 11.6 Å². The zero-order valence-corrected chi connectivity index (χ0v) is 17.1. The molecule has 2 saturated heterocycles. The lowest BCUT2D eigenvalue weighted by molar-refractivity contribution is 0.299. The molecule has 3 heterocycles. The first kappa shape index (κ1) is 20.2. The average Bonchev–Trinajstić information content (AvgIpc) is 3.11. The Hall–Kier alpha value is -1.58. The Labute approximate surface area is 165 Å². The Morgan fingerprint density at radius 3 is 2.85 bits per heavy atom. The van der Waals surface area contributed by atoms with Gasteiger partial charge in [-0.25, -0.2) is 13.4 Å². The number of aliphatic imine (C=N–C) groups is 1. The smallest absolute Gasteiger partial charge is 0.191 e. The molecule has 10 heteroatoms. The highest BCUT2D eigenvalue weighted by molar-refractivity contribution is 7.91. The number of pyridine rings is 1. The van der Waals surface area contributed by atoms with Crippen LogP contribution in [0.3, 0.4) is 0 Å². The van der Waals surface area contributed by atoms with E-state index in [1.807, 2.05) is 12.1 Å². The van der Waals surface area contributed by atoms with E-state index < -0.39 is 9.84 Å². The predicted molar refractivity (Wildman–Crippen MR) is 109 cm³/mol. The number of hydrogen-bond acceptors (Lipinski definition) is 6. The van der Waals surface area contributed by atoms with Crippen LogP contribution in [0.4, 0.5) is 5.82 Å². The molecule has 2 N–H and O–H groups in total. The van der Waals surface area contributed by atoms with Gasteiger partial charge in [-0.3, -0.25) is 9.89 Å². The van der Waals surface area contributed by atoms with Gasteiger partial charge in [0.15, 0.2) is 15.8 Å². The van der Waals surface area contributed by atoms with Gasteiger partial charge in [0.1, 0.15) is 5.82 Å². The third-order valence-electron chi connectivity index (χ3n) is 4.95. The number of halogens is 1. The summed E-state index contributed by atoms with van der Waals surface area (Å²) < 4.78 is 23.0. The molecule has 27 heavy (non-hydrogen) atoms. The van der Waals surface area contributed by atoms with Crippen molar-refractivity contribution >= 4 is 33.2 Å². The van der Waals surface area contributed by atoms with E-state index in [0.29, 0.717) is 18.1 Å². The number of rotatable bonds is 5. The molecule has 1 atom stereocenters. The minimum absolute atomic E-state index is 0.258. The summed E-state index contributed by atoms with van der Waals surface area (Å²) in [6.45, 7) is 4.46. The maximum atomic E-state index is 11.5. The molecule has 150 valence electrons. The maximum Gasteiger partial charge on any atom is 0.191 e. The third-order valence-corrected chi connectivity index (χ3v) is 6.85. The van der Waals surface area contributed by atoms with E-state index in [1.54, 1.807) is 13.2 Å². The molecule has 3 rings (SSSR count).